The Balaban J connectivity index is 2.75. The number of hydrogen-bond acceptors (Lipinski definition) is 3. The molecule has 0 saturated heterocycles. The summed E-state index contributed by atoms with van der Waals surface area (Å²) in [5.74, 6) is -0.936. The van der Waals surface area contributed by atoms with Crippen molar-refractivity contribution in [1.29, 1.82) is 0 Å². The van der Waals surface area contributed by atoms with Crippen LogP contribution in [-0.4, -0.2) is 46.2 Å². The standard InChI is InChI=1S/C15H27NO4/c1-12(2)16(9-6-10-17)13(18)11-15(14(19)20)7-4-3-5-8-15/h12,17H,3-11H2,1-2H3,(H,19,20). The van der Waals surface area contributed by atoms with E-state index in [-0.39, 0.29) is 25.0 Å². The third-order valence-corrected chi connectivity index (χ3v) is 4.25. The largest absolute Gasteiger partial charge is 0.481 e. The van der Waals surface area contributed by atoms with Gasteiger partial charge in [-0.2, -0.15) is 0 Å². The molecule has 1 fully saturated rings. The molecular formula is C15H27NO4. The van der Waals surface area contributed by atoms with Gasteiger partial charge in [0.25, 0.3) is 0 Å². The molecule has 1 aliphatic rings. The number of carboxylic acids is 1. The third kappa shape index (κ3) is 4.20. The minimum Gasteiger partial charge on any atom is -0.481 e. The first-order chi connectivity index (χ1) is 9.43. The van der Waals surface area contributed by atoms with Gasteiger partial charge in [-0.05, 0) is 33.1 Å². The highest BCUT2D eigenvalue weighted by atomic mass is 16.4. The van der Waals surface area contributed by atoms with Gasteiger partial charge in [-0.1, -0.05) is 19.3 Å². The number of carbonyl (C=O) groups is 2. The molecule has 2 N–H and O–H groups in total. The van der Waals surface area contributed by atoms with Crippen LogP contribution in [-0.2, 0) is 9.59 Å². The summed E-state index contributed by atoms with van der Waals surface area (Å²) in [6.07, 6.45) is 4.65. The van der Waals surface area contributed by atoms with E-state index in [1.54, 1.807) is 4.90 Å². The average molecular weight is 285 g/mol. The maximum atomic E-state index is 12.4. The topological polar surface area (TPSA) is 77.8 Å². The van der Waals surface area contributed by atoms with Crippen LogP contribution < -0.4 is 0 Å². The summed E-state index contributed by atoms with van der Waals surface area (Å²) in [7, 11) is 0. The Morgan fingerprint density at radius 2 is 1.80 bits per heavy atom. The van der Waals surface area contributed by atoms with Crippen molar-refractivity contribution in [2.24, 2.45) is 5.41 Å². The monoisotopic (exact) mass is 285 g/mol. The molecule has 5 heteroatoms. The molecule has 0 aromatic heterocycles. The van der Waals surface area contributed by atoms with E-state index in [4.69, 9.17) is 5.11 Å². The lowest BCUT2D eigenvalue weighted by atomic mass is 9.71. The highest BCUT2D eigenvalue weighted by molar-refractivity contribution is 5.85. The molecule has 0 radical (unpaired) electrons. The van der Waals surface area contributed by atoms with E-state index in [1.807, 2.05) is 13.8 Å². The molecule has 5 nitrogen and oxygen atoms in total. The van der Waals surface area contributed by atoms with Gasteiger partial charge in [0.2, 0.25) is 5.91 Å². The van der Waals surface area contributed by atoms with Crippen molar-refractivity contribution in [2.75, 3.05) is 13.2 Å². The average Bonchev–Trinajstić information content (AvgIpc) is 2.39. The van der Waals surface area contributed by atoms with Crippen LogP contribution in [0.5, 0.6) is 0 Å². The van der Waals surface area contributed by atoms with Gasteiger partial charge in [0.15, 0.2) is 0 Å². The molecule has 1 amide bonds. The zero-order valence-corrected chi connectivity index (χ0v) is 12.6. The van der Waals surface area contributed by atoms with E-state index < -0.39 is 11.4 Å². The zero-order valence-electron chi connectivity index (χ0n) is 12.6. The Bertz CT molecular complexity index is 335. The molecule has 116 valence electrons. The Morgan fingerprint density at radius 3 is 2.25 bits per heavy atom. The summed E-state index contributed by atoms with van der Waals surface area (Å²) in [5, 5.41) is 18.4. The minimum absolute atomic E-state index is 0.0310. The first-order valence-electron chi connectivity index (χ1n) is 7.57. The molecular weight excluding hydrogens is 258 g/mol. The van der Waals surface area contributed by atoms with Gasteiger partial charge in [0, 0.05) is 25.6 Å². The van der Waals surface area contributed by atoms with Crippen molar-refractivity contribution in [3.63, 3.8) is 0 Å². The summed E-state index contributed by atoms with van der Waals surface area (Å²) >= 11 is 0. The normalized spacial score (nSPS) is 18.0. The summed E-state index contributed by atoms with van der Waals surface area (Å²) in [4.78, 5) is 25.7. The van der Waals surface area contributed by atoms with Crippen LogP contribution in [0.3, 0.4) is 0 Å². The molecule has 1 saturated carbocycles. The number of aliphatic hydroxyl groups excluding tert-OH is 1. The number of amides is 1. The summed E-state index contributed by atoms with van der Waals surface area (Å²) in [6, 6.07) is 0.0310. The fraction of sp³-hybridized carbons (Fsp3) is 0.867. The number of carbonyl (C=O) groups excluding carboxylic acids is 1. The maximum absolute atomic E-state index is 12.4. The quantitative estimate of drug-likeness (QED) is 0.750. The molecule has 0 aromatic rings. The van der Waals surface area contributed by atoms with E-state index in [0.29, 0.717) is 25.8 Å². The van der Waals surface area contributed by atoms with Crippen LogP contribution in [0.4, 0.5) is 0 Å². The van der Waals surface area contributed by atoms with Gasteiger partial charge < -0.3 is 15.1 Å². The van der Waals surface area contributed by atoms with Gasteiger partial charge in [-0.25, -0.2) is 0 Å². The predicted octanol–water partition coefficient (Wildman–Crippen LogP) is 2.03. The van der Waals surface area contributed by atoms with Gasteiger partial charge in [0.05, 0.1) is 5.41 Å². The van der Waals surface area contributed by atoms with Crippen molar-refractivity contribution in [2.45, 2.75) is 64.8 Å². The lowest BCUT2D eigenvalue weighted by Gasteiger charge is -2.35. The van der Waals surface area contributed by atoms with Crippen molar-refractivity contribution in [3.05, 3.63) is 0 Å². The third-order valence-electron chi connectivity index (χ3n) is 4.25. The first-order valence-corrected chi connectivity index (χ1v) is 7.57. The van der Waals surface area contributed by atoms with E-state index in [1.165, 1.54) is 0 Å². The van der Waals surface area contributed by atoms with E-state index >= 15 is 0 Å². The van der Waals surface area contributed by atoms with Gasteiger partial charge in [-0.15, -0.1) is 0 Å². The summed E-state index contributed by atoms with van der Waals surface area (Å²) in [5.41, 5.74) is -0.873. The van der Waals surface area contributed by atoms with Gasteiger partial charge in [-0.3, -0.25) is 9.59 Å². The van der Waals surface area contributed by atoms with E-state index in [0.717, 1.165) is 19.3 Å². The molecule has 1 aliphatic carbocycles. The number of aliphatic hydroxyl groups is 1. The Kier molecular flexibility index (Phi) is 6.46. The van der Waals surface area contributed by atoms with E-state index in [9.17, 15) is 14.7 Å². The van der Waals surface area contributed by atoms with Crippen molar-refractivity contribution >= 4 is 11.9 Å². The SMILES string of the molecule is CC(C)N(CCCO)C(=O)CC1(C(=O)O)CCCCC1. The van der Waals surface area contributed by atoms with Crippen LogP contribution in [0, 0.1) is 5.41 Å². The van der Waals surface area contributed by atoms with Crippen molar-refractivity contribution in [3.8, 4) is 0 Å². The highest BCUT2D eigenvalue weighted by Gasteiger charge is 2.42. The van der Waals surface area contributed by atoms with Gasteiger partial charge in [0.1, 0.15) is 0 Å². The fourth-order valence-corrected chi connectivity index (χ4v) is 3.00. The zero-order chi connectivity index (χ0) is 15.2. The second kappa shape index (κ2) is 7.62. The second-order valence-electron chi connectivity index (χ2n) is 6.08. The lowest BCUT2D eigenvalue weighted by molar-refractivity contribution is -0.156. The van der Waals surface area contributed by atoms with Crippen LogP contribution in [0.25, 0.3) is 0 Å². The van der Waals surface area contributed by atoms with Crippen molar-refractivity contribution in [1.82, 2.24) is 4.90 Å². The van der Waals surface area contributed by atoms with Gasteiger partial charge >= 0.3 is 5.97 Å². The van der Waals surface area contributed by atoms with Crippen molar-refractivity contribution < 1.29 is 19.8 Å². The Hall–Kier alpha value is -1.10. The molecule has 0 heterocycles. The smallest absolute Gasteiger partial charge is 0.310 e. The van der Waals surface area contributed by atoms with Crippen LogP contribution >= 0.6 is 0 Å². The van der Waals surface area contributed by atoms with Crippen LogP contribution in [0.15, 0.2) is 0 Å². The Morgan fingerprint density at radius 1 is 1.20 bits per heavy atom. The highest BCUT2D eigenvalue weighted by Crippen LogP contribution is 2.40. The van der Waals surface area contributed by atoms with Crippen LogP contribution in [0.1, 0.15) is 58.8 Å². The molecule has 20 heavy (non-hydrogen) atoms. The number of hydrogen-bond donors (Lipinski definition) is 2. The summed E-state index contributed by atoms with van der Waals surface area (Å²) < 4.78 is 0. The molecule has 0 unspecified atom stereocenters. The summed E-state index contributed by atoms with van der Waals surface area (Å²) in [6.45, 7) is 4.37. The molecule has 1 rings (SSSR count). The molecule has 0 aromatic carbocycles. The van der Waals surface area contributed by atoms with E-state index in [2.05, 4.69) is 0 Å². The van der Waals surface area contributed by atoms with Crippen LogP contribution in [0.2, 0.25) is 0 Å². The maximum Gasteiger partial charge on any atom is 0.310 e. The molecule has 0 atom stereocenters. The molecule has 0 bridgehead atoms. The molecule has 0 aliphatic heterocycles. The number of nitrogens with zero attached hydrogens (tertiary/aromatic N) is 1. The Labute approximate surface area is 121 Å². The number of aliphatic carboxylic acids is 1. The second-order valence-corrected chi connectivity index (χ2v) is 6.08. The predicted molar refractivity (Wildman–Crippen MR) is 76.3 cm³/mol. The first kappa shape index (κ1) is 17.0. The minimum atomic E-state index is -0.873. The number of rotatable bonds is 7. The molecule has 0 spiro atoms. The number of carboxylic acid groups (broad SMARTS) is 1. The fourth-order valence-electron chi connectivity index (χ4n) is 3.00. The lowest BCUT2D eigenvalue weighted by Crippen LogP contribution is -2.44.